The maximum atomic E-state index is 13.4. The third kappa shape index (κ3) is 4.11. The van der Waals surface area contributed by atoms with E-state index in [1.807, 2.05) is 36.4 Å². The van der Waals surface area contributed by atoms with E-state index in [9.17, 15) is 14.9 Å². The zero-order chi connectivity index (χ0) is 23.5. The van der Waals surface area contributed by atoms with Gasteiger partial charge in [0.05, 0.1) is 43.3 Å². The topological polar surface area (TPSA) is 94.8 Å². The average molecular weight is 444 g/mol. The van der Waals surface area contributed by atoms with Gasteiger partial charge >= 0.3 is 5.69 Å². The SMILES string of the molecule is COCCn1c(=O)c2c(ncn2Cc2ccccc2C#N)n(-c2ccc(C(C)C)cc2)c1=O. The van der Waals surface area contributed by atoms with E-state index in [1.165, 1.54) is 16.2 Å². The Balaban J connectivity index is 1.95. The van der Waals surface area contributed by atoms with Gasteiger partial charge in [-0.05, 0) is 35.2 Å². The summed E-state index contributed by atoms with van der Waals surface area (Å²) in [7, 11) is 1.52. The van der Waals surface area contributed by atoms with Crippen LogP contribution in [0, 0.1) is 11.3 Å². The van der Waals surface area contributed by atoms with Crippen LogP contribution in [0.15, 0.2) is 64.4 Å². The minimum atomic E-state index is -0.468. The summed E-state index contributed by atoms with van der Waals surface area (Å²) in [5.41, 5.74) is 2.74. The monoisotopic (exact) mass is 443 g/mol. The summed E-state index contributed by atoms with van der Waals surface area (Å²) < 4.78 is 9.46. The van der Waals surface area contributed by atoms with E-state index >= 15 is 0 Å². The van der Waals surface area contributed by atoms with E-state index in [1.54, 1.807) is 23.0 Å². The standard InChI is InChI=1S/C25H25N5O3/c1-17(2)18-8-10-21(11-9-18)30-23-22(24(31)29(25(30)32)12-13-33-3)28(16-27-23)15-20-7-5-4-6-19(20)14-26/h4-11,16-17H,12-13,15H2,1-3H3. The minimum Gasteiger partial charge on any atom is -0.383 e. The van der Waals surface area contributed by atoms with Crippen LogP contribution in [0.3, 0.4) is 0 Å². The van der Waals surface area contributed by atoms with E-state index in [2.05, 4.69) is 24.9 Å². The van der Waals surface area contributed by atoms with Gasteiger partial charge in [0.2, 0.25) is 0 Å². The van der Waals surface area contributed by atoms with Gasteiger partial charge < -0.3 is 9.30 Å². The summed E-state index contributed by atoms with van der Waals surface area (Å²) in [6.45, 7) is 4.83. The first-order valence-corrected chi connectivity index (χ1v) is 10.7. The Kier molecular flexibility index (Phi) is 6.24. The molecule has 8 heteroatoms. The fraction of sp³-hybridized carbons (Fsp3) is 0.280. The number of hydrogen-bond acceptors (Lipinski definition) is 5. The number of aromatic nitrogens is 4. The van der Waals surface area contributed by atoms with Crippen molar-refractivity contribution in [1.82, 2.24) is 18.7 Å². The second-order valence-corrected chi connectivity index (χ2v) is 8.13. The van der Waals surface area contributed by atoms with Crippen LogP contribution in [0.2, 0.25) is 0 Å². The number of nitrogens with zero attached hydrogens (tertiary/aromatic N) is 5. The lowest BCUT2D eigenvalue weighted by Crippen LogP contribution is -2.41. The molecular formula is C25H25N5O3. The molecule has 33 heavy (non-hydrogen) atoms. The highest BCUT2D eigenvalue weighted by atomic mass is 16.5. The molecule has 0 atom stereocenters. The van der Waals surface area contributed by atoms with Gasteiger partial charge in [-0.25, -0.2) is 14.3 Å². The van der Waals surface area contributed by atoms with Crippen molar-refractivity contribution >= 4 is 11.2 Å². The Labute approximate surface area is 190 Å². The summed E-state index contributed by atoms with van der Waals surface area (Å²) >= 11 is 0. The third-order valence-corrected chi connectivity index (χ3v) is 5.72. The number of imidazole rings is 1. The number of fused-ring (bicyclic) bond motifs is 1. The third-order valence-electron chi connectivity index (χ3n) is 5.72. The van der Waals surface area contributed by atoms with Crippen LogP contribution >= 0.6 is 0 Å². The maximum absolute atomic E-state index is 13.4. The molecular weight excluding hydrogens is 418 g/mol. The number of hydrogen-bond donors (Lipinski definition) is 0. The van der Waals surface area contributed by atoms with Crippen LogP contribution in [-0.2, 0) is 17.8 Å². The molecule has 0 saturated heterocycles. The molecule has 8 nitrogen and oxygen atoms in total. The summed E-state index contributed by atoms with van der Waals surface area (Å²) in [5, 5.41) is 9.45. The highest BCUT2D eigenvalue weighted by Crippen LogP contribution is 2.19. The molecule has 0 aliphatic carbocycles. The Hall–Kier alpha value is -3.96. The molecule has 2 aromatic carbocycles. The Morgan fingerprint density at radius 3 is 2.48 bits per heavy atom. The predicted octanol–water partition coefficient (Wildman–Crippen LogP) is 3.04. The van der Waals surface area contributed by atoms with E-state index in [4.69, 9.17) is 4.74 Å². The van der Waals surface area contributed by atoms with E-state index in [0.29, 0.717) is 22.7 Å². The van der Waals surface area contributed by atoms with Crippen LogP contribution in [-0.4, -0.2) is 32.4 Å². The van der Waals surface area contributed by atoms with Gasteiger partial charge in [-0.2, -0.15) is 5.26 Å². The highest BCUT2D eigenvalue weighted by molar-refractivity contribution is 5.72. The first kappa shape index (κ1) is 22.2. The van der Waals surface area contributed by atoms with Gasteiger partial charge in [0.25, 0.3) is 5.56 Å². The number of ether oxygens (including phenoxy) is 1. The largest absolute Gasteiger partial charge is 0.383 e. The smallest absolute Gasteiger partial charge is 0.337 e. The van der Waals surface area contributed by atoms with Gasteiger partial charge in [-0.3, -0.25) is 9.36 Å². The molecule has 0 N–H and O–H groups in total. The zero-order valence-corrected chi connectivity index (χ0v) is 18.9. The summed E-state index contributed by atoms with van der Waals surface area (Å²) in [5.74, 6) is 0.353. The lowest BCUT2D eigenvalue weighted by Gasteiger charge is -2.14. The van der Waals surface area contributed by atoms with Crippen molar-refractivity contribution in [3.05, 3.63) is 92.4 Å². The number of methoxy groups -OCH3 is 1. The fourth-order valence-electron chi connectivity index (χ4n) is 3.87. The molecule has 4 rings (SSSR count). The lowest BCUT2D eigenvalue weighted by molar-refractivity contribution is 0.184. The number of nitriles is 1. The van der Waals surface area contributed by atoms with Crippen molar-refractivity contribution in [2.45, 2.75) is 32.9 Å². The molecule has 0 aliphatic rings. The van der Waals surface area contributed by atoms with Gasteiger partial charge in [0.15, 0.2) is 11.2 Å². The van der Waals surface area contributed by atoms with E-state index < -0.39 is 11.2 Å². The summed E-state index contributed by atoms with van der Waals surface area (Å²) in [6, 6.07) is 17.1. The van der Waals surface area contributed by atoms with Gasteiger partial charge in [-0.1, -0.05) is 44.2 Å². The molecule has 168 valence electrons. The predicted molar refractivity (Wildman–Crippen MR) is 126 cm³/mol. The summed E-state index contributed by atoms with van der Waals surface area (Å²) in [4.78, 5) is 31.2. The zero-order valence-electron chi connectivity index (χ0n) is 18.9. The van der Waals surface area contributed by atoms with Gasteiger partial charge in [0.1, 0.15) is 0 Å². The molecule has 0 saturated carbocycles. The Morgan fingerprint density at radius 2 is 1.82 bits per heavy atom. The van der Waals surface area contributed by atoms with Crippen molar-refractivity contribution in [2.24, 2.45) is 0 Å². The molecule has 2 heterocycles. The molecule has 4 aromatic rings. The minimum absolute atomic E-state index is 0.119. The van der Waals surface area contributed by atoms with Crippen molar-refractivity contribution in [3.8, 4) is 11.8 Å². The Morgan fingerprint density at radius 1 is 1.09 bits per heavy atom. The molecule has 0 aliphatic heterocycles. The van der Waals surface area contributed by atoms with Gasteiger partial charge in [0, 0.05) is 7.11 Å². The van der Waals surface area contributed by atoms with Crippen LogP contribution in [0.1, 0.15) is 36.5 Å². The molecule has 0 radical (unpaired) electrons. The molecule has 0 amide bonds. The number of rotatable bonds is 7. The van der Waals surface area contributed by atoms with Crippen LogP contribution in [0.25, 0.3) is 16.9 Å². The molecule has 2 aromatic heterocycles. The van der Waals surface area contributed by atoms with Gasteiger partial charge in [-0.15, -0.1) is 0 Å². The van der Waals surface area contributed by atoms with Crippen molar-refractivity contribution < 1.29 is 4.74 Å². The summed E-state index contributed by atoms with van der Waals surface area (Å²) in [6.07, 6.45) is 1.54. The van der Waals surface area contributed by atoms with Crippen molar-refractivity contribution in [3.63, 3.8) is 0 Å². The average Bonchev–Trinajstić information content (AvgIpc) is 3.23. The first-order valence-electron chi connectivity index (χ1n) is 10.7. The van der Waals surface area contributed by atoms with Crippen molar-refractivity contribution in [2.75, 3.05) is 13.7 Å². The molecule has 0 spiro atoms. The van der Waals surface area contributed by atoms with Crippen LogP contribution in [0.4, 0.5) is 0 Å². The maximum Gasteiger partial charge on any atom is 0.337 e. The second-order valence-electron chi connectivity index (χ2n) is 8.13. The molecule has 0 bridgehead atoms. The van der Waals surface area contributed by atoms with Crippen molar-refractivity contribution in [1.29, 1.82) is 5.26 Å². The second kappa shape index (κ2) is 9.27. The quantitative estimate of drug-likeness (QED) is 0.438. The van der Waals surface area contributed by atoms with E-state index in [-0.39, 0.29) is 25.3 Å². The highest BCUT2D eigenvalue weighted by Gasteiger charge is 2.20. The molecule has 0 fully saturated rings. The van der Waals surface area contributed by atoms with Crippen LogP contribution in [0.5, 0.6) is 0 Å². The van der Waals surface area contributed by atoms with Crippen LogP contribution < -0.4 is 11.2 Å². The van der Waals surface area contributed by atoms with E-state index in [0.717, 1.165) is 11.1 Å². The Bertz CT molecular complexity index is 1450. The lowest BCUT2D eigenvalue weighted by atomic mass is 10.0. The fourth-order valence-corrected chi connectivity index (χ4v) is 3.87. The number of benzene rings is 2. The normalized spacial score (nSPS) is 11.2. The molecule has 0 unspecified atom stereocenters. The first-order chi connectivity index (χ1) is 16.0.